The molecule has 9 heteroatoms. The first kappa shape index (κ1) is 23.0. The summed E-state index contributed by atoms with van der Waals surface area (Å²) in [6.45, 7) is 9.84. The van der Waals surface area contributed by atoms with Crippen molar-refractivity contribution in [1.82, 2.24) is 25.5 Å². The van der Waals surface area contributed by atoms with Gasteiger partial charge in [0.1, 0.15) is 10.8 Å². The third kappa shape index (κ3) is 5.71. The van der Waals surface area contributed by atoms with Gasteiger partial charge >= 0.3 is 0 Å². The SMILES string of the molecule is CC.Cc1cc(Nc2nc(Nc3cc(C)c(C4CCNCC4)cc3F)ncc2Cl)n[nH]1. The Morgan fingerprint density at radius 2 is 1.84 bits per heavy atom. The monoisotopic (exact) mass is 445 g/mol. The number of anilines is 4. The average Bonchev–Trinajstić information content (AvgIpc) is 3.19. The van der Waals surface area contributed by atoms with Crippen LogP contribution in [0.15, 0.2) is 24.4 Å². The summed E-state index contributed by atoms with van der Waals surface area (Å²) in [5, 5.41) is 16.6. The number of halogens is 2. The Kier molecular flexibility index (Phi) is 7.81. The molecule has 1 aliphatic rings. The van der Waals surface area contributed by atoms with Crippen LogP contribution >= 0.6 is 11.6 Å². The number of hydrogen-bond donors (Lipinski definition) is 4. The summed E-state index contributed by atoms with van der Waals surface area (Å²) in [5.74, 6) is 1.29. The van der Waals surface area contributed by atoms with Crippen molar-refractivity contribution < 1.29 is 4.39 Å². The third-order valence-corrected chi connectivity index (χ3v) is 5.35. The van der Waals surface area contributed by atoms with Gasteiger partial charge in [-0.3, -0.25) is 5.10 Å². The van der Waals surface area contributed by atoms with Gasteiger partial charge in [0, 0.05) is 11.8 Å². The molecular formula is C22H29ClFN7. The van der Waals surface area contributed by atoms with Crippen LogP contribution in [-0.2, 0) is 0 Å². The van der Waals surface area contributed by atoms with Crippen molar-refractivity contribution >= 4 is 34.9 Å². The number of aromatic nitrogens is 4. The molecule has 166 valence electrons. The van der Waals surface area contributed by atoms with E-state index >= 15 is 0 Å². The van der Waals surface area contributed by atoms with Crippen LogP contribution in [0.25, 0.3) is 0 Å². The number of H-pyrrole nitrogens is 1. The van der Waals surface area contributed by atoms with Crippen LogP contribution in [0, 0.1) is 19.7 Å². The molecule has 0 radical (unpaired) electrons. The quantitative estimate of drug-likeness (QED) is 0.409. The van der Waals surface area contributed by atoms with Gasteiger partial charge in [-0.2, -0.15) is 10.1 Å². The number of aryl methyl sites for hydroxylation is 2. The van der Waals surface area contributed by atoms with Gasteiger partial charge < -0.3 is 16.0 Å². The fourth-order valence-corrected chi connectivity index (χ4v) is 3.74. The minimum absolute atomic E-state index is 0.247. The lowest BCUT2D eigenvalue weighted by Gasteiger charge is -2.25. The fraction of sp³-hybridized carbons (Fsp3) is 0.409. The Hall–Kier alpha value is -2.71. The number of nitrogens with one attached hydrogen (secondary N) is 4. The van der Waals surface area contributed by atoms with Crippen LogP contribution in [-0.4, -0.2) is 33.3 Å². The summed E-state index contributed by atoms with van der Waals surface area (Å²) in [7, 11) is 0. The molecule has 0 spiro atoms. The van der Waals surface area contributed by atoms with E-state index in [1.165, 1.54) is 6.20 Å². The van der Waals surface area contributed by atoms with Gasteiger partial charge in [0.25, 0.3) is 0 Å². The molecule has 3 heterocycles. The van der Waals surface area contributed by atoms with E-state index in [0.29, 0.717) is 28.3 Å². The zero-order chi connectivity index (χ0) is 22.4. The van der Waals surface area contributed by atoms with Crippen molar-refractivity contribution in [3.8, 4) is 0 Å². The first-order chi connectivity index (χ1) is 15.0. The van der Waals surface area contributed by atoms with Crippen molar-refractivity contribution in [2.45, 2.75) is 46.5 Å². The van der Waals surface area contributed by atoms with Gasteiger partial charge in [-0.05, 0) is 69.0 Å². The molecule has 1 aromatic carbocycles. The van der Waals surface area contributed by atoms with Crippen LogP contribution in [0.4, 0.5) is 27.7 Å². The van der Waals surface area contributed by atoms with Crippen LogP contribution in [0.3, 0.4) is 0 Å². The maximum Gasteiger partial charge on any atom is 0.229 e. The van der Waals surface area contributed by atoms with E-state index in [0.717, 1.165) is 42.8 Å². The molecule has 2 aromatic heterocycles. The maximum absolute atomic E-state index is 14.8. The normalized spacial score (nSPS) is 14.0. The molecule has 0 aliphatic carbocycles. The highest BCUT2D eigenvalue weighted by atomic mass is 35.5. The molecule has 1 saturated heterocycles. The molecule has 0 atom stereocenters. The summed E-state index contributed by atoms with van der Waals surface area (Å²) in [4.78, 5) is 8.53. The van der Waals surface area contributed by atoms with Crippen molar-refractivity contribution in [3.63, 3.8) is 0 Å². The van der Waals surface area contributed by atoms with Gasteiger partial charge in [-0.15, -0.1) is 0 Å². The smallest absolute Gasteiger partial charge is 0.229 e. The first-order valence-electron chi connectivity index (χ1n) is 10.6. The van der Waals surface area contributed by atoms with E-state index < -0.39 is 0 Å². The molecule has 31 heavy (non-hydrogen) atoms. The lowest BCUT2D eigenvalue weighted by atomic mass is 9.87. The van der Waals surface area contributed by atoms with Crippen LogP contribution < -0.4 is 16.0 Å². The highest BCUT2D eigenvalue weighted by Crippen LogP contribution is 2.32. The number of rotatable bonds is 5. The predicted molar refractivity (Wildman–Crippen MR) is 124 cm³/mol. The number of aromatic amines is 1. The van der Waals surface area contributed by atoms with E-state index in [1.54, 1.807) is 6.07 Å². The number of hydrogen-bond acceptors (Lipinski definition) is 6. The number of benzene rings is 1. The Morgan fingerprint density at radius 1 is 1.10 bits per heavy atom. The lowest BCUT2D eigenvalue weighted by Crippen LogP contribution is -2.27. The second-order valence-electron chi connectivity index (χ2n) is 7.29. The zero-order valence-corrected chi connectivity index (χ0v) is 19.1. The van der Waals surface area contributed by atoms with Gasteiger partial charge in [0.2, 0.25) is 5.95 Å². The second-order valence-corrected chi connectivity index (χ2v) is 7.70. The Morgan fingerprint density at radius 3 is 2.52 bits per heavy atom. The van der Waals surface area contributed by atoms with Crippen LogP contribution in [0.2, 0.25) is 5.02 Å². The van der Waals surface area contributed by atoms with Gasteiger partial charge in [0.05, 0.1) is 11.9 Å². The molecule has 0 saturated carbocycles. The largest absolute Gasteiger partial charge is 0.322 e. The predicted octanol–water partition coefficient (Wildman–Crippen LogP) is 5.59. The van der Waals surface area contributed by atoms with Crippen molar-refractivity contribution in [3.05, 3.63) is 52.1 Å². The summed E-state index contributed by atoms with van der Waals surface area (Å²) in [6.07, 6.45) is 3.51. The zero-order valence-electron chi connectivity index (χ0n) is 18.3. The Balaban J connectivity index is 0.00000132. The van der Waals surface area contributed by atoms with Crippen LogP contribution in [0.5, 0.6) is 0 Å². The maximum atomic E-state index is 14.8. The van der Waals surface area contributed by atoms with Gasteiger partial charge in [0.15, 0.2) is 11.6 Å². The number of nitrogens with zero attached hydrogens (tertiary/aromatic N) is 3. The molecule has 1 fully saturated rings. The molecule has 4 rings (SSSR count). The molecule has 3 aromatic rings. The van der Waals surface area contributed by atoms with E-state index in [4.69, 9.17) is 11.6 Å². The minimum atomic E-state index is -0.319. The summed E-state index contributed by atoms with van der Waals surface area (Å²) in [6, 6.07) is 5.28. The van der Waals surface area contributed by atoms with Crippen molar-refractivity contribution in [1.29, 1.82) is 0 Å². The Bertz CT molecular complexity index is 1020. The lowest BCUT2D eigenvalue weighted by molar-refractivity contribution is 0.457. The van der Waals surface area contributed by atoms with E-state index in [2.05, 4.69) is 36.1 Å². The van der Waals surface area contributed by atoms with E-state index in [1.807, 2.05) is 39.8 Å². The van der Waals surface area contributed by atoms with E-state index in [-0.39, 0.29) is 11.8 Å². The molecular weight excluding hydrogens is 417 g/mol. The third-order valence-electron chi connectivity index (χ3n) is 5.08. The Labute approximate surface area is 187 Å². The summed E-state index contributed by atoms with van der Waals surface area (Å²) in [5.41, 5.74) is 3.37. The fourth-order valence-electron chi connectivity index (χ4n) is 3.60. The first-order valence-corrected chi connectivity index (χ1v) is 11.0. The minimum Gasteiger partial charge on any atom is -0.322 e. The molecule has 7 nitrogen and oxygen atoms in total. The molecule has 0 amide bonds. The van der Waals surface area contributed by atoms with Crippen molar-refractivity contribution in [2.24, 2.45) is 0 Å². The highest BCUT2D eigenvalue weighted by molar-refractivity contribution is 6.32. The highest BCUT2D eigenvalue weighted by Gasteiger charge is 2.19. The molecule has 1 aliphatic heterocycles. The second kappa shape index (κ2) is 10.5. The molecule has 4 N–H and O–H groups in total. The molecule has 0 unspecified atom stereocenters. The van der Waals surface area contributed by atoms with Gasteiger partial charge in [-0.25, -0.2) is 9.37 Å². The van der Waals surface area contributed by atoms with Crippen molar-refractivity contribution in [2.75, 3.05) is 23.7 Å². The van der Waals surface area contributed by atoms with Gasteiger partial charge in [-0.1, -0.05) is 25.4 Å². The van der Waals surface area contributed by atoms with E-state index in [9.17, 15) is 4.39 Å². The number of piperidine rings is 1. The summed E-state index contributed by atoms with van der Waals surface area (Å²) >= 11 is 6.19. The molecule has 0 bridgehead atoms. The topological polar surface area (TPSA) is 90.6 Å². The van der Waals surface area contributed by atoms with Crippen LogP contribution in [0.1, 0.15) is 49.4 Å². The summed E-state index contributed by atoms with van der Waals surface area (Å²) < 4.78 is 14.8. The standard InChI is InChI=1S/C20H23ClFN7.C2H6/c1-11-7-17(16(22)9-14(11)13-3-5-23-6-4-13)25-20-24-10-15(21)19(27-20)26-18-8-12(2)28-29-18;1-2/h7-10,13,23H,3-6H2,1-2H3,(H3,24,25,26,27,28,29);1-2H3. The average molecular weight is 446 g/mol.